The number of nitrogens with zero attached hydrogens (tertiary/aromatic N) is 2. The van der Waals surface area contributed by atoms with Crippen molar-refractivity contribution >= 4 is 17.6 Å². The van der Waals surface area contributed by atoms with E-state index in [0.717, 1.165) is 6.07 Å². The second-order valence-corrected chi connectivity index (χ2v) is 9.83. The molecule has 0 atom stereocenters. The summed E-state index contributed by atoms with van der Waals surface area (Å²) in [5.41, 5.74) is 6.79. The van der Waals surface area contributed by atoms with Crippen LogP contribution in [0, 0.1) is 6.92 Å². The minimum atomic E-state index is -4.87. The Labute approximate surface area is 241 Å². The van der Waals surface area contributed by atoms with Gasteiger partial charge >= 0.3 is 6.36 Å². The third-order valence-electron chi connectivity index (χ3n) is 6.37. The van der Waals surface area contributed by atoms with E-state index in [-0.39, 0.29) is 37.0 Å². The first-order valence-corrected chi connectivity index (χ1v) is 13.2. The number of primary amides is 1. The molecule has 226 valence electrons. The number of alkyl halides is 3. The molecular formula is C30H34F3N3O6. The maximum absolute atomic E-state index is 13.7. The zero-order valence-corrected chi connectivity index (χ0v) is 23.9. The molecular weight excluding hydrogens is 555 g/mol. The predicted octanol–water partition coefficient (Wildman–Crippen LogP) is 4.99. The van der Waals surface area contributed by atoms with Crippen LogP contribution in [0.4, 0.5) is 13.2 Å². The largest absolute Gasteiger partial charge is 0.573 e. The lowest BCUT2D eigenvalue weighted by atomic mass is 10.1. The molecule has 0 aliphatic rings. The maximum atomic E-state index is 13.7. The molecule has 0 spiro atoms. The maximum Gasteiger partial charge on any atom is 0.573 e. The smallest absolute Gasteiger partial charge is 0.497 e. The highest BCUT2D eigenvalue weighted by Crippen LogP contribution is 2.25. The molecule has 0 saturated carbocycles. The van der Waals surface area contributed by atoms with E-state index in [1.165, 1.54) is 34.8 Å². The van der Waals surface area contributed by atoms with Crippen LogP contribution in [0.1, 0.15) is 62.7 Å². The van der Waals surface area contributed by atoms with E-state index >= 15 is 0 Å². The van der Waals surface area contributed by atoms with Crippen molar-refractivity contribution in [3.8, 4) is 11.5 Å². The summed E-state index contributed by atoms with van der Waals surface area (Å²) < 4.78 is 54.5. The average molecular weight is 590 g/mol. The number of nitrogens with two attached hydrogens (primary N) is 1. The van der Waals surface area contributed by atoms with Gasteiger partial charge in [-0.2, -0.15) is 0 Å². The number of halogens is 3. The van der Waals surface area contributed by atoms with Gasteiger partial charge in [-0.1, -0.05) is 12.1 Å². The highest BCUT2D eigenvalue weighted by molar-refractivity contribution is 6.04. The SMILES string of the molecule is COc1ccc(C(=O)N(CCCOC(C)C)CC(=O)c2cc(C(N)=O)c(C)n2Cc2cccc(OC(F)(F)F)c2)cc1. The van der Waals surface area contributed by atoms with Gasteiger partial charge in [-0.3, -0.25) is 14.4 Å². The number of ketones is 1. The zero-order chi connectivity index (χ0) is 31.0. The number of benzene rings is 2. The molecule has 2 N–H and O–H groups in total. The second kappa shape index (κ2) is 14.0. The summed E-state index contributed by atoms with van der Waals surface area (Å²) in [6, 6.07) is 13.1. The van der Waals surface area contributed by atoms with Gasteiger partial charge in [-0.25, -0.2) is 0 Å². The lowest BCUT2D eigenvalue weighted by Gasteiger charge is -2.23. The lowest BCUT2D eigenvalue weighted by Crippen LogP contribution is -2.37. The molecule has 0 aliphatic heterocycles. The number of ether oxygens (including phenoxy) is 3. The molecule has 3 aromatic rings. The average Bonchev–Trinajstić information content (AvgIpc) is 3.25. The van der Waals surface area contributed by atoms with Gasteiger partial charge in [-0.15, -0.1) is 13.2 Å². The minimum absolute atomic E-state index is 0.00382. The van der Waals surface area contributed by atoms with Crippen molar-refractivity contribution in [2.24, 2.45) is 5.73 Å². The molecule has 0 saturated heterocycles. The first-order valence-electron chi connectivity index (χ1n) is 13.2. The van der Waals surface area contributed by atoms with Crippen molar-refractivity contribution in [3.05, 3.63) is 82.7 Å². The van der Waals surface area contributed by atoms with Gasteiger partial charge in [0.15, 0.2) is 5.78 Å². The van der Waals surface area contributed by atoms with Crippen LogP contribution in [-0.4, -0.2) is 66.3 Å². The van der Waals surface area contributed by atoms with Crippen LogP contribution >= 0.6 is 0 Å². The molecule has 0 fully saturated rings. The fourth-order valence-electron chi connectivity index (χ4n) is 4.35. The van der Waals surface area contributed by atoms with Crippen LogP contribution < -0.4 is 15.2 Å². The van der Waals surface area contributed by atoms with E-state index in [1.54, 1.807) is 37.3 Å². The molecule has 0 radical (unpaired) electrons. The summed E-state index contributed by atoms with van der Waals surface area (Å²) in [6.45, 7) is 5.56. The van der Waals surface area contributed by atoms with Crippen LogP contribution in [-0.2, 0) is 11.3 Å². The fourth-order valence-corrected chi connectivity index (χ4v) is 4.35. The van der Waals surface area contributed by atoms with Gasteiger partial charge in [0.05, 0.1) is 31.0 Å². The monoisotopic (exact) mass is 589 g/mol. The van der Waals surface area contributed by atoms with Crippen molar-refractivity contribution in [3.63, 3.8) is 0 Å². The summed E-state index contributed by atoms with van der Waals surface area (Å²) in [5, 5.41) is 0. The third kappa shape index (κ3) is 8.84. The first-order chi connectivity index (χ1) is 19.8. The lowest BCUT2D eigenvalue weighted by molar-refractivity contribution is -0.274. The highest BCUT2D eigenvalue weighted by atomic mass is 19.4. The van der Waals surface area contributed by atoms with Crippen LogP contribution in [0.25, 0.3) is 0 Å². The molecule has 0 bridgehead atoms. The Kier molecular flexibility index (Phi) is 10.8. The Hall–Kier alpha value is -4.32. The number of Topliss-reactive ketones (excluding diaryl/α,β-unsaturated/α-hetero) is 1. The first kappa shape index (κ1) is 32.2. The molecule has 12 heteroatoms. The summed E-state index contributed by atoms with van der Waals surface area (Å²) >= 11 is 0. The number of carbonyl (C=O) groups excluding carboxylic acids is 3. The van der Waals surface area contributed by atoms with Gasteiger partial charge in [0.25, 0.3) is 11.8 Å². The standard InChI is InChI=1S/C30H34F3N3O6/c1-19(2)41-14-6-13-35(29(39)22-9-11-23(40-4)12-10-22)18-27(37)26-16-25(28(34)38)20(3)36(26)17-21-7-5-8-24(15-21)42-30(31,32)33/h5,7-12,15-16,19H,6,13-14,17-18H2,1-4H3,(H2,34,38). The molecule has 9 nitrogen and oxygen atoms in total. The molecule has 1 aromatic heterocycles. The predicted molar refractivity (Wildman–Crippen MR) is 149 cm³/mol. The summed E-state index contributed by atoms with van der Waals surface area (Å²) in [6.07, 6.45) is -4.41. The Morgan fingerprint density at radius 3 is 2.31 bits per heavy atom. The van der Waals surface area contributed by atoms with Crippen molar-refractivity contribution < 1.29 is 41.8 Å². The number of hydrogen-bond acceptors (Lipinski definition) is 6. The van der Waals surface area contributed by atoms with E-state index in [1.807, 2.05) is 13.8 Å². The van der Waals surface area contributed by atoms with Crippen LogP contribution in [0.2, 0.25) is 0 Å². The van der Waals surface area contributed by atoms with Gasteiger partial charge < -0.3 is 29.4 Å². The number of amides is 2. The van der Waals surface area contributed by atoms with Crippen LogP contribution in [0.5, 0.6) is 11.5 Å². The van der Waals surface area contributed by atoms with Gasteiger partial charge in [0, 0.05) is 31.0 Å². The summed E-state index contributed by atoms with van der Waals surface area (Å²) in [5.74, 6) is -1.51. The Morgan fingerprint density at radius 1 is 1.02 bits per heavy atom. The van der Waals surface area contributed by atoms with Gasteiger partial charge in [0.1, 0.15) is 11.5 Å². The van der Waals surface area contributed by atoms with E-state index in [4.69, 9.17) is 15.2 Å². The van der Waals surface area contributed by atoms with E-state index in [2.05, 4.69) is 4.74 Å². The molecule has 1 heterocycles. The van der Waals surface area contributed by atoms with Crippen molar-refractivity contribution in [2.75, 3.05) is 26.8 Å². The minimum Gasteiger partial charge on any atom is -0.497 e. The normalized spacial score (nSPS) is 11.4. The summed E-state index contributed by atoms with van der Waals surface area (Å²) in [4.78, 5) is 40.7. The third-order valence-corrected chi connectivity index (χ3v) is 6.37. The number of aromatic nitrogens is 1. The van der Waals surface area contributed by atoms with Gasteiger partial charge in [-0.05, 0) is 75.2 Å². The van der Waals surface area contributed by atoms with E-state index < -0.39 is 29.7 Å². The molecule has 0 aliphatic carbocycles. The van der Waals surface area contributed by atoms with E-state index in [9.17, 15) is 27.6 Å². The number of methoxy groups -OCH3 is 1. The summed E-state index contributed by atoms with van der Waals surface area (Å²) in [7, 11) is 1.51. The van der Waals surface area contributed by atoms with Crippen molar-refractivity contribution in [2.45, 2.75) is 46.2 Å². The zero-order valence-electron chi connectivity index (χ0n) is 23.9. The van der Waals surface area contributed by atoms with Crippen LogP contribution in [0.3, 0.4) is 0 Å². The van der Waals surface area contributed by atoms with Crippen molar-refractivity contribution in [1.29, 1.82) is 0 Å². The fraction of sp³-hybridized carbons (Fsp3) is 0.367. The molecule has 2 amide bonds. The Morgan fingerprint density at radius 2 is 1.71 bits per heavy atom. The number of carbonyl (C=O) groups is 3. The Balaban J connectivity index is 1.92. The number of rotatable bonds is 14. The second-order valence-electron chi connectivity index (χ2n) is 9.83. The topological polar surface area (TPSA) is 113 Å². The van der Waals surface area contributed by atoms with Crippen molar-refractivity contribution in [1.82, 2.24) is 9.47 Å². The molecule has 42 heavy (non-hydrogen) atoms. The molecule has 3 rings (SSSR count). The quantitative estimate of drug-likeness (QED) is 0.209. The molecule has 0 unspecified atom stereocenters. The molecule has 2 aromatic carbocycles. The number of hydrogen-bond donors (Lipinski definition) is 1. The van der Waals surface area contributed by atoms with Crippen LogP contribution in [0.15, 0.2) is 54.6 Å². The van der Waals surface area contributed by atoms with E-state index in [0.29, 0.717) is 35.6 Å². The Bertz CT molecular complexity index is 1400. The highest BCUT2D eigenvalue weighted by Gasteiger charge is 2.31. The van der Waals surface area contributed by atoms with Gasteiger partial charge in [0.2, 0.25) is 0 Å².